The molecule has 1 amide bonds. The minimum absolute atomic E-state index is 0.0869. The first kappa shape index (κ1) is 23.8. The van der Waals surface area contributed by atoms with Crippen LogP contribution in [-0.2, 0) is 20.6 Å². The Kier molecular flexibility index (Phi) is 7.39. The van der Waals surface area contributed by atoms with Gasteiger partial charge in [-0.1, -0.05) is 77.8 Å². The number of hydrogen-bond acceptors (Lipinski definition) is 3. The molecule has 0 saturated carbocycles. The van der Waals surface area contributed by atoms with E-state index in [1.165, 1.54) is 10.4 Å². The highest BCUT2D eigenvalue weighted by molar-refractivity contribution is 7.88. The second-order valence-electron chi connectivity index (χ2n) is 8.07. The number of piperidine rings is 1. The molecule has 0 spiro atoms. The molecule has 0 bridgehead atoms. The molecule has 5 nitrogen and oxygen atoms in total. The van der Waals surface area contributed by atoms with Crippen LogP contribution in [-0.4, -0.2) is 31.7 Å². The normalized spacial score (nSPS) is 15.3. The van der Waals surface area contributed by atoms with Crippen molar-refractivity contribution in [3.63, 3.8) is 0 Å². The summed E-state index contributed by atoms with van der Waals surface area (Å²) in [5.74, 6) is -0.528. The highest BCUT2D eigenvalue weighted by atomic mass is 35.5. The number of rotatable bonds is 6. The molecule has 0 aliphatic carbocycles. The minimum Gasteiger partial charge on any atom is -0.325 e. The molecule has 3 aromatic carbocycles. The maximum Gasteiger partial charge on any atom is 0.227 e. The fourth-order valence-electron chi connectivity index (χ4n) is 4.02. The van der Waals surface area contributed by atoms with Crippen molar-refractivity contribution in [2.75, 3.05) is 18.4 Å². The first-order valence-corrected chi connectivity index (χ1v) is 13.1. The van der Waals surface area contributed by atoms with E-state index >= 15 is 0 Å². The Morgan fingerprint density at radius 1 is 0.939 bits per heavy atom. The van der Waals surface area contributed by atoms with Gasteiger partial charge >= 0.3 is 0 Å². The van der Waals surface area contributed by atoms with Crippen molar-refractivity contribution in [2.45, 2.75) is 18.6 Å². The Morgan fingerprint density at radius 3 is 2.30 bits per heavy atom. The summed E-state index contributed by atoms with van der Waals surface area (Å²) >= 11 is 12.1. The minimum atomic E-state index is -3.55. The molecule has 1 saturated heterocycles. The van der Waals surface area contributed by atoms with Gasteiger partial charge in [-0.05, 0) is 42.2 Å². The molecule has 1 fully saturated rings. The average Bonchev–Trinajstić information content (AvgIpc) is 2.82. The van der Waals surface area contributed by atoms with Crippen LogP contribution in [0.5, 0.6) is 0 Å². The summed E-state index contributed by atoms with van der Waals surface area (Å²) in [7, 11) is -3.55. The van der Waals surface area contributed by atoms with Crippen LogP contribution in [0.2, 0.25) is 10.0 Å². The fraction of sp³-hybridized carbons (Fsp3) is 0.240. The predicted octanol–water partition coefficient (Wildman–Crippen LogP) is 5.84. The van der Waals surface area contributed by atoms with Crippen molar-refractivity contribution in [3.05, 3.63) is 88.4 Å². The summed E-state index contributed by atoms with van der Waals surface area (Å²) in [5.41, 5.74) is 3.24. The maximum absolute atomic E-state index is 13.0. The number of halogens is 2. The second-order valence-corrected chi connectivity index (χ2v) is 10.9. The number of para-hydroxylation sites is 1. The third-order valence-electron chi connectivity index (χ3n) is 5.84. The number of nitrogens with zero attached hydrogens (tertiary/aromatic N) is 1. The van der Waals surface area contributed by atoms with Crippen LogP contribution in [0, 0.1) is 5.92 Å². The lowest BCUT2D eigenvalue weighted by Gasteiger charge is -2.30. The van der Waals surface area contributed by atoms with Gasteiger partial charge in [-0.3, -0.25) is 4.79 Å². The Labute approximate surface area is 204 Å². The van der Waals surface area contributed by atoms with Crippen LogP contribution in [0.4, 0.5) is 5.69 Å². The predicted molar refractivity (Wildman–Crippen MR) is 134 cm³/mol. The first-order chi connectivity index (χ1) is 15.8. The quantitative estimate of drug-likeness (QED) is 0.460. The molecule has 0 atom stereocenters. The highest BCUT2D eigenvalue weighted by Gasteiger charge is 2.31. The SMILES string of the molecule is O=C(Nc1ccccc1-c1ccccc1)C1CCN(S(=O)(=O)Cc2ccc(Cl)cc2Cl)CC1. The largest absolute Gasteiger partial charge is 0.325 e. The Bertz CT molecular complexity index is 1240. The standard InChI is InChI=1S/C25H24Cl2N2O3S/c26-21-11-10-20(23(27)16-21)17-33(31,32)29-14-12-19(13-15-29)25(30)28-24-9-5-4-8-22(24)18-6-2-1-3-7-18/h1-11,16,19H,12-15,17H2,(H,28,30). The van der Waals surface area contributed by atoms with E-state index in [-0.39, 0.29) is 17.6 Å². The molecule has 1 N–H and O–H groups in total. The summed E-state index contributed by atoms with van der Waals surface area (Å²) in [4.78, 5) is 13.0. The van der Waals surface area contributed by atoms with E-state index < -0.39 is 10.0 Å². The van der Waals surface area contributed by atoms with E-state index in [2.05, 4.69) is 5.32 Å². The van der Waals surface area contributed by atoms with E-state index in [1.807, 2.05) is 54.6 Å². The van der Waals surface area contributed by atoms with Gasteiger partial charge in [0.2, 0.25) is 15.9 Å². The smallest absolute Gasteiger partial charge is 0.227 e. The van der Waals surface area contributed by atoms with Gasteiger partial charge in [0.05, 0.1) is 5.75 Å². The van der Waals surface area contributed by atoms with E-state index in [1.54, 1.807) is 12.1 Å². The number of carbonyl (C=O) groups is 1. The van der Waals surface area contributed by atoms with Crippen molar-refractivity contribution >= 4 is 44.8 Å². The Balaban J connectivity index is 1.39. The van der Waals surface area contributed by atoms with Gasteiger partial charge < -0.3 is 5.32 Å². The van der Waals surface area contributed by atoms with Crippen LogP contribution in [0.3, 0.4) is 0 Å². The molecule has 1 aliphatic rings. The zero-order valence-corrected chi connectivity index (χ0v) is 20.2. The summed E-state index contributed by atoms with van der Waals surface area (Å²) in [6, 6.07) is 22.4. The lowest BCUT2D eigenvalue weighted by atomic mass is 9.96. The lowest BCUT2D eigenvalue weighted by Crippen LogP contribution is -2.41. The van der Waals surface area contributed by atoms with Crippen LogP contribution in [0.15, 0.2) is 72.8 Å². The molecule has 3 aromatic rings. The third-order valence-corrected chi connectivity index (χ3v) is 8.26. The molecule has 0 aromatic heterocycles. The fourth-order valence-corrected chi connectivity index (χ4v) is 6.17. The van der Waals surface area contributed by atoms with Gasteiger partial charge in [-0.15, -0.1) is 0 Å². The van der Waals surface area contributed by atoms with Crippen molar-refractivity contribution < 1.29 is 13.2 Å². The lowest BCUT2D eigenvalue weighted by molar-refractivity contribution is -0.120. The summed E-state index contributed by atoms with van der Waals surface area (Å²) in [6.07, 6.45) is 0.930. The molecule has 1 heterocycles. The number of amides is 1. The summed E-state index contributed by atoms with van der Waals surface area (Å²) in [5, 5.41) is 3.84. The van der Waals surface area contributed by atoms with Crippen molar-refractivity contribution in [2.24, 2.45) is 5.92 Å². The maximum atomic E-state index is 13.0. The topological polar surface area (TPSA) is 66.5 Å². The molecule has 172 valence electrons. The molecule has 0 radical (unpaired) electrons. The second kappa shape index (κ2) is 10.3. The number of hydrogen-bond donors (Lipinski definition) is 1. The van der Waals surface area contributed by atoms with Crippen LogP contribution >= 0.6 is 23.2 Å². The monoisotopic (exact) mass is 502 g/mol. The highest BCUT2D eigenvalue weighted by Crippen LogP contribution is 2.30. The van der Waals surface area contributed by atoms with Crippen LogP contribution < -0.4 is 5.32 Å². The number of benzene rings is 3. The van der Waals surface area contributed by atoms with E-state index in [0.29, 0.717) is 41.5 Å². The van der Waals surface area contributed by atoms with Crippen LogP contribution in [0.25, 0.3) is 11.1 Å². The molecule has 4 rings (SSSR count). The van der Waals surface area contributed by atoms with Crippen LogP contribution in [0.1, 0.15) is 18.4 Å². The Morgan fingerprint density at radius 2 is 1.61 bits per heavy atom. The van der Waals surface area contributed by atoms with Crippen molar-refractivity contribution in [3.8, 4) is 11.1 Å². The van der Waals surface area contributed by atoms with Gasteiger partial charge in [0.25, 0.3) is 0 Å². The van der Waals surface area contributed by atoms with E-state index in [9.17, 15) is 13.2 Å². The van der Waals surface area contributed by atoms with Crippen molar-refractivity contribution in [1.29, 1.82) is 0 Å². The van der Waals surface area contributed by atoms with Gasteiger partial charge in [0, 0.05) is 40.3 Å². The van der Waals surface area contributed by atoms with Gasteiger partial charge in [0.1, 0.15) is 0 Å². The van der Waals surface area contributed by atoms with Crippen molar-refractivity contribution in [1.82, 2.24) is 4.31 Å². The number of sulfonamides is 1. The molecule has 33 heavy (non-hydrogen) atoms. The van der Waals surface area contributed by atoms with Gasteiger partial charge in [-0.2, -0.15) is 0 Å². The van der Waals surface area contributed by atoms with E-state index in [0.717, 1.165) is 16.8 Å². The zero-order valence-electron chi connectivity index (χ0n) is 17.9. The molecular weight excluding hydrogens is 479 g/mol. The molecule has 8 heteroatoms. The molecule has 0 unspecified atom stereocenters. The summed E-state index contributed by atoms with van der Waals surface area (Å²) in [6.45, 7) is 0.595. The number of anilines is 1. The van der Waals surface area contributed by atoms with Gasteiger partial charge in [0.15, 0.2) is 0 Å². The summed E-state index contributed by atoms with van der Waals surface area (Å²) < 4.78 is 27.2. The zero-order chi connectivity index (χ0) is 23.4. The molecule has 1 aliphatic heterocycles. The third kappa shape index (κ3) is 5.76. The van der Waals surface area contributed by atoms with Gasteiger partial charge in [-0.25, -0.2) is 12.7 Å². The average molecular weight is 503 g/mol. The molecular formula is C25H24Cl2N2O3S. The number of carbonyl (C=O) groups excluding carboxylic acids is 1. The first-order valence-electron chi connectivity index (χ1n) is 10.7. The van der Waals surface area contributed by atoms with E-state index in [4.69, 9.17) is 23.2 Å². The Hall–Kier alpha value is -2.38. The number of nitrogens with one attached hydrogen (secondary N) is 1.